The Morgan fingerprint density at radius 1 is 1.07 bits per heavy atom. The predicted molar refractivity (Wildman–Crippen MR) is 102 cm³/mol. The van der Waals surface area contributed by atoms with E-state index in [0.717, 1.165) is 5.69 Å². The minimum atomic E-state index is -0.246. The van der Waals surface area contributed by atoms with E-state index in [1.165, 1.54) is 0 Å². The first-order valence-corrected chi connectivity index (χ1v) is 8.85. The van der Waals surface area contributed by atoms with Crippen molar-refractivity contribution in [2.45, 2.75) is 26.7 Å². The number of amides is 2. The second-order valence-corrected chi connectivity index (χ2v) is 6.58. The Labute approximate surface area is 157 Å². The van der Waals surface area contributed by atoms with Crippen LogP contribution in [0.25, 0.3) is 11.1 Å². The lowest BCUT2D eigenvalue weighted by Gasteiger charge is -2.10. The lowest BCUT2D eigenvalue weighted by molar-refractivity contribution is 0.0928. The topological polar surface area (TPSA) is 97.1 Å². The lowest BCUT2D eigenvalue weighted by Crippen LogP contribution is -2.34. The number of fused-ring (bicyclic) bond motifs is 1. The van der Waals surface area contributed by atoms with Gasteiger partial charge in [0.1, 0.15) is 0 Å². The highest BCUT2D eigenvalue weighted by molar-refractivity contribution is 6.06. The van der Waals surface area contributed by atoms with Gasteiger partial charge in [0.15, 0.2) is 0 Å². The van der Waals surface area contributed by atoms with E-state index in [1.807, 2.05) is 19.9 Å². The van der Waals surface area contributed by atoms with Crippen LogP contribution in [0.15, 0.2) is 40.9 Å². The summed E-state index contributed by atoms with van der Waals surface area (Å²) in [5, 5.41) is 10.1. The summed E-state index contributed by atoms with van der Waals surface area (Å²) in [6, 6.07) is 10.7. The molecule has 0 radical (unpaired) electrons. The summed E-state index contributed by atoms with van der Waals surface area (Å²) in [7, 11) is 0. The molecule has 7 heteroatoms. The molecule has 3 rings (SSSR count). The number of aryl methyl sites for hydroxylation is 1. The van der Waals surface area contributed by atoms with Crippen molar-refractivity contribution in [3.05, 3.63) is 58.9 Å². The van der Waals surface area contributed by atoms with Crippen molar-refractivity contribution >= 4 is 22.9 Å². The third-order valence-electron chi connectivity index (χ3n) is 4.21. The van der Waals surface area contributed by atoms with E-state index in [9.17, 15) is 9.59 Å². The molecule has 2 amide bonds. The molecule has 0 saturated heterocycles. The molecule has 0 spiro atoms. The molecule has 0 unspecified atom stereocenters. The largest absolute Gasteiger partial charge is 0.350 e. The van der Waals surface area contributed by atoms with E-state index in [2.05, 4.69) is 20.8 Å². The molecule has 0 aliphatic heterocycles. The SMILES string of the molecule is Cc1noc2nc(C(C)C)cc(C(=O)NCCNC(=O)c3ccccc3)c12. The van der Waals surface area contributed by atoms with Crippen molar-refractivity contribution in [2.24, 2.45) is 0 Å². The van der Waals surface area contributed by atoms with E-state index in [0.29, 0.717) is 41.0 Å². The van der Waals surface area contributed by atoms with E-state index in [4.69, 9.17) is 4.52 Å². The van der Waals surface area contributed by atoms with E-state index in [1.54, 1.807) is 37.3 Å². The second-order valence-electron chi connectivity index (χ2n) is 6.58. The molecule has 3 aromatic rings. The Hall–Kier alpha value is -3.22. The van der Waals surface area contributed by atoms with E-state index >= 15 is 0 Å². The Morgan fingerprint density at radius 2 is 1.74 bits per heavy atom. The standard InChI is InChI=1S/C20H22N4O3/c1-12(2)16-11-15(17-13(3)24-27-20(17)23-16)19(26)22-10-9-21-18(25)14-7-5-4-6-8-14/h4-8,11-12H,9-10H2,1-3H3,(H,21,25)(H,22,26). The highest BCUT2D eigenvalue weighted by atomic mass is 16.5. The fraction of sp³-hybridized carbons (Fsp3) is 0.300. The number of nitrogens with zero attached hydrogens (tertiary/aromatic N) is 2. The van der Waals surface area contributed by atoms with Crippen LogP contribution in [0.4, 0.5) is 0 Å². The Bertz CT molecular complexity index is 964. The number of nitrogens with one attached hydrogen (secondary N) is 2. The molecule has 27 heavy (non-hydrogen) atoms. The van der Waals surface area contributed by atoms with Crippen molar-refractivity contribution in [3.8, 4) is 0 Å². The molecule has 0 saturated carbocycles. The number of benzene rings is 1. The molecule has 0 fully saturated rings. The molecule has 140 valence electrons. The van der Waals surface area contributed by atoms with Gasteiger partial charge in [0, 0.05) is 24.3 Å². The summed E-state index contributed by atoms with van der Waals surface area (Å²) in [4.78, 5) is 29.1. The molecule has 0 atom stereocenters. The van der Waals surface area contributed by atoms with Crippen LogP contribution in [0.3, 0.4) is 0 Å². The van der Waals surface area contributed by atoms with Crippen molar-refractivity contribution in [3.63, 3.8) is 0 Å². The molecule has 7 nitrogen and oxygen atoms in total. The third kappa shape index (κ3) is 4.13. The fourth-order valence-electron chi connectivity index (χ4n) is 2.73. The zero-order chi connectivity index (χ0) is 19.4. The molecule has 2 aromatic heterocycles. The van der Waals surface area contributed by atoms with Gasteiger partial charge in [-0.05, 0) is 31.0 Å². The summed E-state index contributed by atoms with van der Waals surface area (Å²) < 4.78 is 5.24. The smallest absolute Gasteiger partial charge is 0.259 e. The summed E-state index contributed by atoms with van der Waals surface area (Å²) in [6.45, 7) is 6.41. The van der Waals surface area contributed by atoms with Crippen LogP contribution in [0.1, 0.15) is 51.9 Å². The minimum Gasteiger partial charge on any atom is -0.350 e. The molecular formula is C20H22N4O3. The third-order valence-corrected chi connectivity index (χ3v) is 4.21. The Morgan fingerprint density at radius 3 is 2.41 bits per heavy atom. The molecule has 0 aliphatic rings. The van der Waals surface area contributed by atoms with Gasteiger partial charge in [-0.25, -0.2) is 4.98 Å². The fourth-order valence-corrected chi connectivity index (χ4v) is 2.73. The normalized spacial score (nSPS) is 11.0. The van der Waals surface area contributed by atoms with Crippen molar-refractivity contribution in [2.75, 3.05) is 13.1 Å². The number of hydrogen-bond donors (Lipinski definition) is 2. The summed E-state index contributed by atoms with van der Waals surface area (Å²) in [5.74, 6) is -0.269. The maximum atomic E-state index is 12.7. The van der Waals surface area contributed by atoms with Crippen LogP contribution in [0, 0.1) is 6.92 Å². The molecule has 0 aliphatic carbocycles. The van der Waals surface area contributed by atoms with Crippen LogP contribution in [-0.4, -0.2) is 35.0 Å². The minimum absolute atomic E-state index is 0.150. The van der Waals surface area contributed by atoms with Gasteiger partial charge >= 0.3 is 0 Å². The molecule has 0 bridgehead atoms. The number of rotatable bonds is 6. The van der Waals surface area contributed by atoms with Crippen molar-refractivity contribution in [1.29, 1.82) is 0 Å². The zero-order valence-electron chi connectivity index (χ0n) is 15.6. The Kier molecular flexibility index (Phi) is 5.49. The van der Waals surface area contributed by atoms with Gasteiger partial charge < -0.3 is 15.2 Å². The van der Waals surface area contributed by atoms with Crippen LogP contribution < -0.4 is 10.6 Å². The first-order valence-electron chi connectivity index (χ1n) is 8.85. The van der Waals surface area contributed by atoms with E-state index < -0.39 is 0 Å². The van der Waals surface area contributed by atoms with Gasteiger partial charge in [-0.2, -0.15) is 0 Å². The predicted octanol–water partition coefficient (Wildman–Crippen LogP) is 2.81. The van der Waals surface area contributed by atoms with Gasteiger partial charge in [-0.1, -0.05) is 37.2 Å². The van der Waals surface area contributed by atoms with Gasteiger partial charge in [0.25, 0.3) is 17.5 Å². The van der Waals surface area contributed by atoms with Crippen LogP contribution >= 0.6 is 0 Å². The van der Waals surface area contributed by atoms with Gasteiger partial charge in [-0.15, -0.1) is 0 Å². The van der Waals surface area contributed by atoms with E-state index in [-0.39, 0.29) is 17.7 Å². The maximum absolute atomic E-state index is 12.7. The second kappa shape index (κ2) is 7.99. The van der Waals surface area contributed by atoms with Crippen molar-refractivity contribution in [1.82, 2.24) is 20.8 Å². The monoisotopic (exact) mass is 366 g/mol. The van der Waals surface area contributed by atoms with Crippen LogP contribution in [0.2, 0.25) is 0 Å². The molecule has 1 aromatic carbocycles. The highest BCUT2D eigenvalue weighted by Gasteiger charge is 2.19. The highest BCUT2D eigenvalue weighted by Crippen LogP contribution is 2.24. The average Bonchev–Trinajstić information content (AvgIpc) is 3.05. The molecular weight excluding hydrogens is 344 g/mol. The Balaban J connectivity index is 1.66. The van der Waals surface area contributed by atoms with Crippen LogP contribution in [0.5, 0.6) is 0 Å². The van der Waals surface area contributed by atoms with Crippen molar-refractivity contribution < 1.29 is 14.1 Å². The van der Waals surface area contributed by atoms with Gasteiger partial charge in [0.2, 0.25) is 0 Å². The molecule has 2 heterocycles. The number of carbonyl (C=O) groups is 2. The first kappa shape index (κ1) is 18.6. The molecule has 2 N–H and O–H groups in total. The number of pyridine rings is 1. The zero-order valence-corrected chi connectivity index (χ0v) is 15.6. The summed E-state index contributed by atoms with van der Waals surface area (Å²) >= 11 is 0. The van der Waals surface area contributed by atoms with Gasteiger partial charge in [-0.3, -0.25) is 9.59 Å². The maximum Gasteiger partial charge on any atom is 0.259 e. The lowest BCUT2D eigenvalue weighted by atomic mass is 10.0. The quantitative estimate of drug-likeness (QED) is 0.654. The first-order chi connectivity index (χ1) is 13.0. The van der Waals surface area contributed by atoms with Gasteiger partial charge in [0.05, 0.1) is 16.6 Å². The number of aromatic nitrogens is 2. The number of hydrogen-bond acceptors (Lipinski definition) is 5. The summed E-state index contributed by atoms with van der Waals surface area (Å²) in [5.41, 5.74) is 2.82. The average molecular weight is 366 g/mol. The van der Waals surface area contributed by atoms with Crippen LogP contribution in [-0.2, 0) is 0 Å². The number of carbonyl (C=O) groups excluding carboxylic acids is 2. The summed E-state index contributed by atoms with van der Waals surface area (Å²) in [6.07, 6.45) is 0.